The Morgan fingerprint density at radius 1 is 1.13 bits per heavy atom. The molecule has 0 radical (unpaired) electrons. The van der Waals surface area contributed by atoms with Crippen molar-refractivity contribution in [3.63, 3.8) is 0 Å². The van der Waals surface area contributed by atoms with Crippen LogP contribution in [0.1, 0.15) is 43.4 Å². The van der Waals surface area contributed by atoms with E-state index in [1.54, 1.807) is 24.2 Å². The smallest absolute Gasteiger partial charge is 0.410 e. The molecule has 0 N–H and O–H groups in total. The van der Waals surface area contributed by atoms with E-state index < -0.39 is 11.4 Å². The lowest BCUT2D eigenvalue weighted by atomic mass is 10.1. The number of nitrogens with zero attached hydrogens (tertiary/aromatic N) is 5. The van der Waals surface area contributed by atoms with Gasteiger partial charge >= 0.3 is 6.09 Å². The van der Waals surface area contributed by atoms with Crippen molar-refractivity contribution in [1.82, 2.24) is 24.1 Å². The molecule has 4 rings (SSSR count). The maximum atomic E-state index is 15.0. The monoisotopic (exact) mass is 521 g/mol. The standard InChI is InChI=1S/C29H36FN5O3/c1-19-23(20(2)34(7)32-19)14-16-37-27-24(9-8-10-25(27)30)21-11-12-26-31-17-22(35(26)18-21)13-15-33(6)28(36)38-29(3,4)5/h8-12,17-18H,13-16H2,1-7H3. The summed E-state index contributed by atoms with van der Waals surface area (Å²) in [6, 6.07) is 8.76. The Hall–Kier alpha value is -3.88. The number of carbonyl (C=O) groups excluding carboxylic acids is 1. The molecule has 0 fully saturated rings. The first-order valence-electron chi connectivity index (χ1n) is 12.8. The van der Waals surface area contributed by atoms with Crippen molar-refractivity contribution in [2.75, 3.05) is 20.2 Å². The minimum atomic E-state index is -0.552. The third-order valence-corrected chi connectivity index (χ3v) is 6.53. The number of hydrogen-bond donors (Lipinski definition) is 0. The quantitative estimate of drug-likeness (QED) is 0.305. The van der Waals surface area contributed by atoms with Gasteiger partial charge in [0.2, 0.25) is 0 Å². The fourth-order valence-electron chi connectivity index (χ4n) is 4.41. The maximum Gasteiger partial charge on any atom is 0.410 e. The number of hydrogen-bond acceptors (Lipinski definition) is 5. The van der Waals surface area contributed by atoms with Crippen LogP contribution in [0.25, 0.3) is 16.8 Å². The van der Waals surface area contributed by atoms with E-state index in [2.05, 4.69) is 10.1 Å². The first-order chi connectivity index (χ1) is 17.9. The summed E-state index contributed by atoms with van der Waals surface area (Å²) in [4.78, 5) is 18.4. The normalized spacial score (nSPS) is 11.7. The molecular formula is C29H36FN5O3. The Kier molecular flexibility index (Phi) is 7.76. The van der Waals surface area contributed by atoms with Gasteiger partial charge in [-0.15, -0.1) is 0 Å². The molecule has 8 nitrogen and oxygen atoms in total. The minimum absolute atomic E-state index is 0.220. The zero-order valence-electron chi connectivity index (χ0n) is 23.2. The van der Waals surface area contributed by atoms with Crippen LogP contribution in [-0.2, 0) is 24.6 Å². The van der Waals surface area contributed by atoms with E-state index in [1.165, 1.54) is 6.07 Å². The van der Waals surface area contributed by atoms with E-state index in [9.17, 15) is 9.18 Å². The number of benzene rings is 1. The zero-order valence-corrected chi connectivity index (χ0v) is 23.2. The number of para-hydroxylation sites is 1. The lowest BCUT2D eigenvalue weighted by Crippen LogP contribution is -2.35. The summed E-state index contributed by atoms with van der Waals surface area (Å²) in [5.41, 5.74) is 5.77. The summed E-state index contributed by atoms with van der Waals surface area (Å²) in [7, 11) is 3.63. The SMILES string of the molecule is Cc1nn(C)c(C)c1CCOc1c(F)cccc1-c1ccc2ncc(CCN(C)C(=O)OC(C)(C)C)n2c1. The van der Waals surface area contributed by atoms with Gasteiger partial charge in [-0.3, -0.25) is 4.68 Å². The third kappa shape index (κ3) is 5.98. The summed E-state index contributed by atoms with van der Waals surface area (Å²) in [6.07, 6.45) is 4.57. The lowest BCUT2D eigenvalue weighted by Gasteiger charge is -2.24. The van der Waals surface area contributed by atoms with Gasteiger partial charge in [0.15, 0.2) is 11.6 Å². The Bertz CT molecular complexity index is 1450. The molecule has 4 aromatic rings. The van der Waals surface area contributed by atoms with Crippen LogP contribution < -0.4 is 4.74 Å². The zero-order chi connectivity index (χ0) is 27.6. The van der Waals surface area contributed by atoms with Crippen molar-refractivity contribution < 1.29 is 18.7 Å². The Morgan fingerprint density at radius 2 is 1.89 bits per heavy atom. The van der Waals surface area contributed by atoms with E-state index in [0.717, 1.165) is 33.9 Å². The largest absolute Gasteiger partial charge is 0.490 e. The number of carbonyl (C=O) groups is 1. The topological polar surface area (TPSA) is 73.9 Å². The highest BCUT2D eigenvalue weighted by Crippen LogP contribution is 2.33. The molecule has 0 aliphatic heterocycles. The Labute approximate surface area is 223 Å². The summed E-state index contributed by atoms with van der Waals surface area (Å²) in [6.45, 7) is 10.3. The van der Waals surface area contributed by atoms with Gasteiger partial charge in [0, 0.05) is 68.4 Å². The average molecular weight is 522 g/mol. The van der Waals surface area contributed by atoms with Gasteiger partial charge in [0.25, 0.3) is 0 Å². The molecule has 1 amide bonds. The van der Waals surface area contributed by atoms with Crippen LogP contribution in [-0.4, -0.2) is 56.0 Å². The first-order valence-corrected chi connectivity index (χ1v) is 12.8. The van der Waals surface area contributed by atoms with Gasteiger partial charge in [-0.25, -0.2) is 14.2 Å². The van der Waals surface area contributed by atoms with Crippen LogP contribution in [0.5, 0.6) is 5.75 Å². The second kappa shape index (κ2) is 10.8. The molecule has 0 atom stereocenters. The molecule has 0 aliphatic carbocycles. The van der Waals surface area contributed by atoms with Crippen LogP contribution in [0.15, 0.2) is 42.7 Å². The van der Waals surface area contributed by atoms with Crippen molar-refractivity contribution in [2.45, 2.75) is 53.1 Å². The molecule has 9 heteroatoms. The minimum Gasteiger partial charge on any atom is -0.490 e. The number of fused-ring (bicyclic) bond motifs is 1. The number of imidazole rings is 1. The summed E-state index contributed by atoms with van der Waals surface area (Å²) in [5, 5.41) is 4.45. The molecule has 0 unspecified atom stereocenters. The number of aryl methyl sites for hydroxylation is 2. The number of rotatable bonds is 8. The number of halogens is 1. The third-order valence-electron chi connectivity index (χ3n) is 6.53. The van der Waals surface area contributed by atoms with Gasteiger partial charge in [0.05, 0.1) is 12.3 Å². The van der Waals surface area contributed by atoms with Gasteiger partial charge in [0.1, 0.15) is 11.2 Å². The fraction of sp³-hybridized carbons (Fsp3) is 0.414. The number of amides is 1. The van der Waals surface area contributed by atoms with E-state index >= 15 is 0 Å². The highest BCUT2D eigenvalue weighted by molar-refractivity contribution is 5.71. The van der Waals surface area contributed by atoms with Crippen molar-refractivity contribution in [2.24, 2.45) is 7.05 Å². The predicted molar refractivity (Wildman–Crippen MR) is 145 cm³/mol. The van der Waals surface area contributed by atoms with Crippen LogP contribution in [0.2, 0.25) is 0 Å². The molecule has 0 aliphatic rings. The molecule has 1 aromatic carbocycles. The van der Waals surface area contributed by atoms with Gasteiger partial charge in [-0.05, 0) is 58.4 Å². The average Bonchev–Trinajstić information content (AvgIpc) is 3.36. The molecule has 38 heavy (non-hydrogen) atoms. The molecule has 202 valence electrons. The fourth-order valence-corrected chi connectivity index (χ4v) is 4.41. The molecule has 0 saturated heterocycles. The van der Waals surface area contributed by atoms with Crippen LogP contribution in [0.4, 0.5) is 9.18 Å². The summed E-state index contributed by atoms with van der Waals surface area (Å²) >= 11 is 0. The van der Waals surface area contributed by atoms with Crippen LogP contribution in [0, 0.1) is 19.7 Å². The van der Waals surface area contributed by atoms with E-state index in [-0.39, 0.29) is 11.8 Å². The second-order valence-electron chi connectivity index (χ2n) is 10.5. The van der Waals surface area contributed by atoms with Crippen molar-refractivity contribution in [3.05, 3.63) is 71.2 Å². The van der Waals surface area contributed by atoms with Gasteiger partial charge in [-0.2, -0.15) is 5.10 Å². The molecule has 0 spiro atoms. The highest BCUT2D eigenvalue weighted by atomic mass is 19.1. The number of likely N-dealkylation sites (N-methyl/N-ethyl adjacent to an activating group) is 1. The Balaban J connectivity index is 1.53. The second-order valence-corrected chi connectivity index (χ2v) is 10.5. The van der Waals surface area contributed by atoms with Crippen molar-refractivity contribution in [3.8, 4) is 16.9 Å². The summed E-state index contributed by atoms with van der Waals surface area (Å²) in [5.74, 6) is -0.190. The highest BCUT2D eigenvalue weighted by Gasteiger charge is 2.20. The van der Waals surface area contributed by atoms with Gasteiger partial charge in [-0.1, -0.05) is 12.1 Å². The van der Waals surface area contributed by atoms with E-state index in [1.807, 2.05) is 75.1 Å². The van der Waals surface area contributed by atoms with E-state index in [4.69, 9.17) is 9.47 Å². The van der Waals surface area contributed by atoms with Crippen molar-refractivity contribution >= 4 is 11.7 Å². The molecule has 3 aromatic heterocycles. The van der Waals surface area contributed by atoms with Crippen LogP contribution in [0.3, 0.4) is 0 Å². The molecule has 0 saturated carbocycles. The molecule has 3 heterocycles. The number of pyridine rings is 1. The maximum absolute atomic E-state index is 15.0. The Morgan fingerprint density at radius 3 is 2.58 bits per heavy atom. The van der Waals surface area contributed by atoms with Crippen molar-refractivity contribution in [1.29, 1.82) is 0 Å². The number of ether oxygens (including phenoxy) is 2. The first kappa shape index (κ1) is 27.2. The molecule has 0 bridgehead atoms. The lowest BCUT2D eigenvalue weighted by molar-refractivity contribution is 0.0300. The van der Waals surface area contributed by atoms with E-state index in [0.29, 0.717) is 31.6 Å². The summed E-state index contributed by atoms with van der Waals surface area (Å²) < 4.78 is 30.2. The molecular weight excluding hydrogens is 485 g/mol. The van der Waals surface area contributed by atoms with Crippen LogP contribution >= 0.6 is 0 Å². The number of aromatic nitrogens is 4. The predicted octanol–water partition coefficient (Wildman–Crippen LogP) is 5.52. The van der Waals surface area contributed by atoms with Gasteiger partial charge < -0.3 is 18.8 Å².